The van der Waals surface area contributed by atoms with Gasteiger partial charge >= 0.3 is 0 Å². The van der Waals surface area contributed by atoms with Crippen molar-refractivity contribution in [2.45, 2.75) is 0 Å². The second kappa shape index (κ2) is 4.97. The molecule has 106 valence electrons. The van der Waals surface area contributed by atoms with Crippen molar-refractivity contribution in [2.24, 2.45) is 4.99 Å². The highest BCUT2D eigenvalue weighted by molar-refractivity contribution is 6.02. The summed E-state index contributed by atoms with van der Waals surface area (Å²) in [6.07, 6.45) is 1.20. The van der Waals surface area contributed by atoms with Gasteiger partial charge in [-0.1, -0.05) is 18.2 Å². The zero-order chi connectivity index (χ0) is 15.0. The van der Waals surface area contributed by atoms with E-state index >= 15 is 0 Å². The number of hydrogen-bond acceptors (Lipinski definition) is 2. The standard InChI is InChI=1S/C15H9F3N2O/c16-10-5-6-12(14(18)13(10)17)19-7-9-8-3-1-2-4-11(8)20-15(9)21/h1-7,20-21H. The number of fused-ring (bicyclic) bond motifs is 1. The summed E-state index contributed by atoms with van der Waals surface area (Å²) < 4.78 is 39.5. The molecule has 0 unspecified atom stereocenters. The number of aromatic amines is 1. The van der Waals surface area contributed by atoms with Crippen molar-refractivity contribution in [1.29, 1.82) is 0 Å². The topological polar surface area (TPSA) is 48.4 Å². The fraction of sp³-hybridized carbons (Fsp3) is 0. The lowest BCUT2D eigenvalue weighted by atomic mass is 10.2. The molecule has 0 atom stereocenters. The van der Waals surface area contributed by atoms with Crippen LogP contribution in [0.25, 0.3) is 10.9 Å². The van der Waals surface area contributed by atoms with Crippen LogP contribution in [0.4, 0.5) is 18.9 Å². The Kier molecular flexibility index (Phi) is 3.13. The summed E-state index contributed by atoms with van der Waals surface area (Å²) in [4.78, 5) is 6.51. The van der Waals surface area contributed by atoms with Crippen LogP contribution >= 0.6 is 0 Å². The van der Waals surface area contributed by atoms with Crippen molar-refractivity contribution in [3.8, 4) is 5.88 Å². The fourth-order valence-electron chi connectivity index (χ4n) is 2.03. The van der Waals surface area contributed by atoms with Crippen LogP contribution in [0, 0.1) is 17.5 Å². The van der Waals surface area contributed by atoms with E-state index in [9.17, 15) is 18.3 Å². The number of aliphatic imine (C=N–C) groups is 1. The number of aromatic hydroxyl groups is 1. The Morgan fingerprint density at radius 1 is 1.00 bits per heavy atom. The summed E-state index contributed by atoms with van der Waals surface area (Å²) in [5, 5.41) is 10.5. The first kappa shape index (κ1) is 13.2. The molecule has 0 saturated heterocycles. The Morgan fingerprint density at radius 3 is 2.57 bits per heavy atom. The number of halogens is 3. The average Bonchev–Trinajstić information content (AvgIpc) is 2.80. The molecule has 0 radical (unpaired) electrons. The van der Waals surface area contributed by atoms with Gasteiger partial charge in [0, 0.05) is 17.1 Å². The SMILES string of the molecule is Oc1[nH]c2ccccc2c1C=Nc1ccc(F)c(F)c1F. The van der Waals surface area contributed by atoms with Crippen molar-refractivity contribution in [1.82, 2.24) is 4.98 Å². The van der Waals surface area contributed by atoms with Crippen molar-refractivity contribution in [3.63, 3.8) is 0 Å². The number of rotatable bonds is 2. The van der Waals surface area contributed by atoms with Crippen molar-refractivity contribution < 1.29 is 18.3 Å². The largest absolute Gasteiger partial charge is 0.494 e. The molecule has 1 heterocycles. The van der Waals surface area contributed by atoms with E-state index in [1.165, 1.54) is 6.21 Å². The van der Waals surface area contributed by atoms with Gasteiger partial charge in [-0.15, -0.1) is 0 Å². The molecular weight excluding hydrogens is 281 g/mol. The van der Waals surface area contributed by atoms with E-state index in [0.29, 0.717) is 16.5 Å². The van der Waals surface area contributed by atoms with E-state index in [1.54, 1.807) is 24.3 Å². The predicted octanol–water partition coefficient (Wildman–Crippen LogP) is 4.04. The third kappa shape index (κ3) is 2.24. The highest BCUT2D eigenvalue weighted by atomic mass is 19.2. The predicted molar refractivity (Wildman–Crippen MR) is 73.5 cm³/mol. The smallest absolute Gasteiger partial charge is 0.198 e. The van der Waals surface area contributed by atoms with Crippen LogP contribution < -0.4 is 0 Å². The zero-order valence-corrected chi connectivity index (χ0v) is 10.6. The Labute approximate surface area is 117 Å². The first-order valence-electron chi connectivity index (χ1n) is 6.05. The fourth-order valence-corrected chi connectivity index (χ4v) is 2.03. The van der Waals surface area contributed by atoms with Gasteiger partial charge < -0.3 is 10.1 Å². The molecule has 0 saturated carbocycles. The minimum atomic E-state index is -1.58. The number of H-pyrrole nitrogens is 1. The van der Waals surface area contributed by atoms with E-state index in [-0.39, 0.29) is 11.6 Å². The van der Waals surface area contributed by atoms with Crippen molar-refractivity contribution in [2.75, 3.05) is 0 Å². The Morgan fingerprint density at radius 2 is 1.76 bits per heavy atom. The Hall–Kier alpha value is -2.76. The maximum absolute atomic E-state index is 13.5. The minimum Gasteiger partial charge on any atom is -0.494 e. The maximum atomic E-state index is 13.5. The van der Waals surface area contributed by atoms with Crippen molar-refractivity contribution >= 4 is 22.8 Å². The lowest BCUT2D eigenvalue weighted by molar-refractivity contribution is 0.448. The molecule has 0 aliphatic rings. The summed E-state index contributed by atoms with van der Waals surface area (Å²) in [7, 11) is 0. The van der Waals surface area contributed by atoms with Gasteiger partial charge in [0.1, 0.15) is 5.69 Å². The monoisotopic (exact) mass is 290 g/mol. The summed E-state index contributed by atoms with van der Waals surface area (Å²) in [6, 6.07) is 8.87. The van der Waals surface area contributed by atoms with E-state index in [0.717, 1.165) is 12.1 Å². The normalized spacial score (nSPS) is 11.6. The van der Waals surface area contributed by atoms with Gasteiger partial charge in [0.15, 0.2) is 23.3 Å². The molecule has 3 aromatic rings. The first-order chi connectivity index (χ1) is 10.1. The van der Waals surface area contributed by atoms with Gasteiger partial charge in [-0.3, -0.25) is 4.99 Å². The van der Waals surface area contributed by atoms with Crippen LogP contribution in [-0.4, -0.2) is 16.3 Å². The molecule has 3 rings (SSSR count). The van der Waals surface area contributed by atoms with E-state index in [2.05, 4.69) is 9.98 Å². The minimum absolute atomic E-state index is 0.136. The summed E-state index contributed by atoms with van der Waals surface area (Å²) in [5.74, 6) is -4.36. The molecule has 2 aromatic carbocycles. The Bertz CT molecular complexity index is 855. The van der Waals surface area contributed by atoms with Crippen LogP contribution in [0.2, 0.25) is 0 Å². The van der Waals surface area contributed by atoms with Gasteiger partial charge in [0.25, 0.3) is 0 Å². The molecule has 0 aliphatic heterocycles. The second-order valence-corrected chi connectivity index (χ2v) is 4.39. The lowest BCUT2D eigenvalue weighted by Gasteiger charge is -1.99. The number of hydrogen-bond donors (Lipinski definition) is 2. The number of aromatic nitrogens is 1. The molecule has 6 heteroatoms. The van der Waals surface area contributed by atoms with Gasteiger partial charge in [0.05, 0.1) is 5.56 Å². The van der Waals surface area contributed by atoms with Crippen molar-refractivity contribution in [3.05, 3.63) is 59.4 Å². The number of benzene rings is 2. The summed E-state index contributed by atoms with van der Waals surface area (Å²) >= 11 is 0. The first-order valence-corrected chi connectivity index (χ1v) is 6.05. The molecule has 0 spiro atoms. The molecule has 0 bridgehead atoms. The average molecular weight is 290 g/mol. The van der Waals surface area contributed by atoms with Crippen LogP contribution in [0.1, 0.15) is 5.56 Å². The van der Waals surface area contributed by atoms with Crippen LogP contribution in [-0.2, 0) is 0 Å². The van der Waals surface area contributed by atoms with E-state index in [1.807, 2.05) is 0 Å². The van der Waals surface area contributed by atoms with Crippen LogP contribution in [0.5, 0.6) is 5.88 Å². The van der Waals surface area contributed by atoms with E-state index < -0.39 is 17.5 Å². The second-order valence-electron chi connectivity index (χ2n) is 4.39. The Balaban J connectivity index is 2.06. The maximum Gasteiger partial charge on any atom is 0.198 e. The number of para-hydroxylation sites is 1. The van der Waals surface area contributed by atoms with Gasteiger partial charge in [0.2, 0.25) is 0 Å². The van der Waals surface area contributed by atoms with Gasteiger partial charge in [-0.2, -0.15) is 0 Å². The van der Waals surface area contributed by atoms with Crippen LogP contribution in [0.15, 0.2) is 41.4 Å². The third-order valence-electron chi connectivity index (χ3n) is 3.07. The molecule has 0 fully saturated rings. The molecule has 0 amide bonds. The molecule has 1 aromatic heterocycles. The highest BCUT2D eigenvalue weighted by Crippen LogP contribution is 2.27. The summed E-state index contributed by atoms with van der Waals surface area (Å²) in [6.45, 7) is 0. The quantitative estimate of drug-likeness (QED) is 0.543. The number of nitrogens with zero attached hydrogens (tertiary/aromatic N) is 1. The number of nitrogens with one attached hydrogen (secondary N) is 1. The lowest BCUT2D eigenvalue weighted by Crippen LogP contribution is -1.90. The molecule has 2 N–H and O–H groups in total. The zero-order valence-electron chi connectivity index (χ0n) is 10.6. The molecule has 3 nitrogen and oxygen atoms in total. The van der Waals surface area contributed by atoms with Gasteiger partial charge in [-0.25, -0.2) is 13.2 Å². The molecular formula is C15H9F3N2O. The van der Waals surface area contributed by atoms with Gasteiger partial charge in [-0.05, 0) is 18.2 Å². The molecule has 0 aliphatic carbocycles. The summed E-state index contributed by atoms with van der Waals surface area (Å²) in [5.41, 5.74) is 0.676. The molecule has 21 heavy (non-hydrogen) atoms. The van der Waals surface area contributed by atoms with E-state index in [4.69, 9.17) is 0 Å². The van der Waals surface area contributed by atoms with Crippen LogP contribution in [0.3, 0.4) is 0 Å². The third-order valence-corrected chi connectivity index (χ3v) is 3.07. The highest BCUT2D eigenvalue weighted by Gasteiger charge is 2.13.